The van der Waals surface area contributed by atoms with Crippen molar-refractivity contribution in [1.82, 2.24) is 9.97 Å². The zero-order valence-electron chi connectivity index (χ0n) is 9.17. The van der Waals surface area contributed by atoms with Crippen LogP contribution in [0.1, 0.15) is 5.56 Å². The molecule has 0 saturated carbocycles. The summed E-state index contributed by atoms with van der Waals surface area (Å²) < 4.78 is 5.08. The molecule has 0 atom stereocenters. The van der Waals surface area contributed by atoms with Crippen molar-refractivity contribution in [1.29, 1.82) is 0 Å². The molecule has 2 heterocycles. The Hall–Kier alpha value is -1.85. The molecule has 0 bridgehead atoms. The molecule has 0 radical (unpaired) electrons. The first-order valence-corrected chi connectivity index (χ1v) is 4.96. The molecule has 6 heteroatoms. The lowest BCUT2D eigenvalue weighted by Gasteiger charge is -2.38. The summed E-state index contributed by atoms with van der Waals surface area (Å²) >= 11 is 0. The molecule has 1 saturated heterocycles. The van der Waals surface area contributed by atoms with E-state index >= 15 is 0 Å². The standard InChI is InChI=1S/C10H13N3O3/c1-6-8(11-5-12-9(6)16-2)13-3-7(4-13)10(14)15/h5,7H,3-4H2,1-2H3,(H,14,15). The van der Waals surface area contributed by atoms with Crippen molar-refractivity contribution < 1.29 is 14.6 Å². The largest absolute Gasteiger partial charge is 0.481 e. The van der Waals surface area contributed by atoms with Crippen LogP contribution in [0.4, 0.5) is 5.82 Å². The smallest absolute Gasteiger partial charge is 0.310 e. The van der Waals surface area contributed by atoms with Gasteiger partial charge in [0.05, 0.1) is 18.6 Å². The van der Waals surface area contributed by atoms with Gasteiger partial charge in [-0.25, -0.2) is 9.97 Å². The summed E-state index contributed by atoms with van der Waals surface area (Å²) in [5, 5.41) is 8.78. The summed E-state index contributed by atoms with van der Waals surface area (Å²) in [4.78, 5) is 20.7. The van der Waals surface area contributed by atoms with E-state index in [1.54, 1.807) is 7.11 Å². The molecule has 2 rings (SSSR count). The van der Waals surface area contributed by atoms with Gasteiger partial charge in [0, 0.05) is 13.1 Å². The maximum atomic E-state index is 10.7. The van der Waals surface area contributed by atoms with E-state index in [0.717, 1.165) is 11.4 Å². The van der Waals surface area contributed by atoms with Gasteiger partial charge >= 0.3 is 5.97 Å². The van der Waals surface area contributed by atoms with Gasteiger partial charge in [0.1, 0.15) is 12.1 Å². The van der Waals surface area contributed by atoms with E-state index < -0.39 is 5.97 Å². The Balaban J connectivity index is 2.15. The minimum atomic E-state index is -0.755. The average Bonchev–Trinajstić information content (AvgIpc) is 2.18. The topological polar surface area (TPSA) is 75.6 Å². The zero-order valence-corrected chi connectivity index (χ0v) is 9.17. The molecule has 1 N–H and O–H groups in total. The lowest BCUT2D eigenvalue weighted by Crippen LogP contribution is -2.51. The number of carboxylic acids is 1. The quantitative estimate of drug-likeness (QED) is 0.795. The third kappa shape index (κ3) is 1.66. The summed E-state index contributed by atoms with van der Waals surface area (Å²) in [6.07, 6.45) is 1.43. The van der Waals surface area contributed by atoms with Crippen molar-refractivity contribution >= 4 is 11.8 Å². The van der Waals surface area contributed by atoms with Crippen LogP contribution in [-0.2, 0) is 4.79 Å². The lowest BCUT2D eigenvalue weighted by molar-refractivity contribution is -0.142. The van der Waals surface area contributed by atoms with Gasteiger partial charge in [-0.05, 0) is 6.92 Å². The van der Waals surface area contributed by atoms with Crippen molar-refractivity contribution in [2.45, 2.75) is 6.92 Å². The molecule has 0 amide bonds. The summed E-state index contributed by atoms with van der Waals surface area (Å²) in [6.45, 7) is 2.86. The van der Waals surface area contributed by atoms with Crippen molar-refractivity contribution in [3.63, 3.8) is 0 Å². The second kappa shape index (κ2) is 3.96. The number of rotatable bonds is 3. The van der Waals surface area contributed by atoms with E-state index in [2.05, 4.69) is 9.97 Å². The van der Waals surface area contributed by atoms with Crippen LogP contribution < -0.4 is 9.64 Å². The highest BCUT2D eigenvalue weighted by Gasteiger charge is 2.34. The molecule has 0 aliphatic carbocycles. The normalized spacial score (nSPS) is 15.8. The van der Waals surface area contributed by atoms with Crippen molar-refractivity contribution in [2.75, 3.05) is 25.1 Å². The average molecular weight is 223 g/mol. The number of nitrogens with zero attached hydrogens (tertiary/aromatic N) is 3. The Morgan fingerprint density at radius 3 is 2.81 bits per heavy atom. The van der Waals surface area contributed by atoms with Crippen LogP contribution in [0.3, 0.4) is 0 Å². The molecule has 6 nitrogen and oxygen atoms in total. The van der Waals surface area contributed by atoms with E-state index in [0.29, 0.717) is 19.0 Å². The molecular weight excluding hydrogens is 210 g/mol. The maximum Gasteiger partial charge on any atom is 0.310 e. The van der Waals surface area contributed by atoms with Crippen molar-refractivity contribution in [2.24, 2.45) is 5.92 Å². The maximum absolute atomic E-state index is 10.7. The summed E-state index contributed by atoms with van der Waals surface area (Å²) in [5.74, 6) is 0.239. The predicted octanol–water partition coefficient (Wildman–Crippen LogP) is 0.314. The lowest BCUT2D eigenvalue weighted by atomic mass is 10.0. The highest BCUT2D eigenvalue weighted by molar-refractivity contribution is 5.74. The Morgan fingerprint density at radius 2 is 2.25 bits per heavy atom. The van der Waals surface area contributed by atoms with Gasteiger partial charge in [-0.3, -0.25) is 4.79 Å². The molecule has 86 valence electrons. The minimum absolute atomic E-state index is 0.291. The first-order chi connectivity index (χ1) is 7.63. The van der Waals surface area contributed by atoms with Crippen LogP contribution in [-0.4, -0.2) is 41.2 Å². The second-order valence-electron chi connectivity index (χ2n) is 3.77. The van der Waals surface area contributed by atoms with Crippen LogP contribution >= 0.6 is 0 Å². The number of carbonyl (C=O) groups is 1. The molecule has 0 spiro atoms. The molecule has 1 fully saturated rings. The second-order valence-corrected chi connectivity index (χ2v) is 3.77. The van der Waals surface area contributed by atoms with E-state index in [-0.39, 0.29) is 5.92 Å². The molecular formula is C10H13N3O3. The third-order valence-corrected chi connectivity index (χ3v) is 2.73. The number of aliphatic carboxylic acids is 1. The number of hydrogen-bond acceptors (Lipinski definition) is 5. The fourth-order valence-electron chi connectivity index (χ4n) is 1.76. The van der Waals surface area contributed by atoms with Gasteiger partial charge in [-0.15, -0.1) is 0 Å². The highest BCUT2D eigenvalue weighted by atomic mass is 16.5. The molecule has 1 aromatic heterocycles. The van der Waals surface area contributed by atoms with Crippen molar-refractivity contribution in [3.05, 3.63) is 11.9 Å². The Kier molecular flexibility index (Phi) is 2.64. The summed E-state index contributed by atoms with van der Waals surface area (Å²) in [5.41, 5.74) is 0.842. The Bertz CT molecular complexity index is 416. The molecule has 0 aromatic carbocycles. The first-order valence-electron chi connectivity index (χ1n) is 4.96. The highest BCUT2D eigenvalue weighted by Crippen LogP contribution is 2.29. The molecule has 0 unspecified atom stereocenters. The number of hydrogen-bond donors (Lipinski definition) is 1. The van der Waals surface area contributed by atoms with E-state index in [1.165, 1.54) is 6.33 Å². The zero-order chi connectivity index (χ0) is 11.7. The van der Waals surface area contributed by atoms with Crippen LogP contribution in [0.2, 0.25) is 0 Å². The number of anilines is 1. The van der Waals surface area contributed by atoms with Crippen LogP contribution in [0.5, 0.6) is 5.88 Å². The van der Waals surface area contributed by atoms with Crippen LogP contribution in [0, 0.1) is 12.8 Å². The van der Waals surface area contributed by atoms with Crippen LogP contribution in [0.15, 0.2) is 6.33 Å². The molecule has 16 heavy (non-hydrogen) atoms. The molecule has 1 aromatic rings. The van der Waals surface area contributed by atoms with Crippen molar-refractivity contribution in [3.8, 4) is 5.88 Å². The fraction of sp³-hybridized carbons (Fsp3) is 0.500. The number of methoxy groups -OCH3 is 1. The SMILES string of the molecule is COc1ncnc(N2CC(C(=O)O)C2)c1C. The monoisotopic (exact) mass is 223 g/mol. The van der Waals surface area contributed by atoms with Gasteiger partial charge in [-0.2, -0.15) is 0 Å². The van der Waals surface area contributed by atoms with E-state index in [4.69, 9.17) is 9.84 Å². The Labute approximate surface area is 92.9 Å². The van der Waals surface area contributed by atoms with Gasteiger partial charge in [0.2, 0.25) is 5.88 Å². The fourth-order valence-corrected chi connectivity index (χ4v) is 1.76. The van der Waals surface area contributed by atoms with E-state index in [9.17, 15) is 4.79 Å². The first kappa shape index (κ1) is 10.7. The van der Waals surface area contributed by atoms with Gasteiger partial charge in [-0.1, -0.05) is 0 Å². The predicted molar refractivity (Wildman–Crippen MR) is 56.7 cm³/mol. The van der Waals surface area contributed by atoms with Gasteiger partial charge in [0.25, 0.3) is 0 Å². The van der Waals surface area contributed by atoms with Gasteiger partial charge in [0.15, 0.2) is 0 Å². The van der Waals surface area contributed by atoms with Gasteiger partial charge < -0.3 is 14.7 Å². The molecule has 1 aliphatic rings. The van der Waals surface area contributed by atoms with Crippen LogP contribution in [0.25, 0.3) is 0 Å². The number of carboxylic acid groups (broad SMARTS) is 1. The summed E-state index contributed by atoms with van der Waals surface area (Å²) in [7, 11) is 1.55. The minimum Gasteiger partial charge on any atom is -0.481 e. The third-order valence-electron chi connectivity index (χ3n) is 2.73. The Morgan fingerprint density at radius 1 is 1.56 bits per heavy atom. The molecule has 1 aliphatic heterocycles. The van der Waals surface area contributed by atoms with E-state index in [1.807, 2.05) is 11.8 Å². The number of ether oxygens (including phenoxy) is 1. The number of aromatic nitrogens is 2. The summed E-state index contributed by atoms with van der Waals surface area (Å²) in [6, 6.07) is 0.